The van der Waals surface area contributed by atoms with Crippen molar-refractivity contribution in [3.8, 4) is 0 Å². The third-order valence-electron chi connectivity index (χ3n) is 6.32. The number of rotatable bonds is 11. The molecule has 2 fully saturated rings. The molecule has 0 bridgehead atoms. The van der Waals surface area contributed by atoms with Crippen LogP contribution in [0.3, 0.4) is 0 Å². The first-order valence-electron chi connectivity index (χ1n) is 11.3. The van der Waals surface area contributed by atoms with Crippen LogP contribution in [0.2, 0.25) is 0 Å². The van der Waals surface area contributed by atoms with Crippen LogP contribution in [0, 0.1) is 0 Å². The van der Waals surface area contributed by atoms with E-state index in [9.17, 15) is 9.59 Å². The molecule has 2 aliphatic rings. The number of likely N-dealkylation sites (N-methyl/N-ethyl adjacent to an activating group) is 2. The SMILES string of the molecule is CN(C)C(=O)C1CCCN1CCCCCCCCN1CCCC1C(=O)N(C)C. The van der Waals surface area contributed by atoms with Gasteiger partial charge in [-0.05, 0) is 64.7 Å². The lowest BCUT2D eigenvalue weighted by Crippen LogP contribution is -2.43. The van der Waals surface area contributed by atoms with Crippen molar-refractivity contribution >= 4 is 11.8 Å². The number of carbonyl (C=O) groups excluding carboxylic acids is 2. The summed E-state index contributed by atoms with van der Waals surface area (Å²) in [7, 11) is 7.44. The summed E-state index contributed by atoms with van der Waals surface area (Å²) >= 11 is 0. The second-order valence-corrected chi connectivity index (χ2v) is 8.97. The molecule has 0 saturated carbocycles. The van der Waals surface area contributed by atoms with E-state index in [-0.39, 0.29) is 23.9 Å². The lowest BCUT2D eigenvalue weighted by molar-refractivity contribution is -0.134. The van der Waals surface area contributed by atoms with Crippen molar-refractivity contribution in [2.24, 2.45) is 0 Å². The smallest absolute Gasteiger partial charge is 0.239 e. The number of hydrogen-bond donors (Lipinski definition) is 0. The maximum atomic E-state index is 12.2. The fourth-order valence-electron chi connectivity index (χ4n) is 4.68. The van der Waals surface area contributed by atoms with Crippen LogP contribution >= 0.6 is 0 Å². The minimum absolute atomic E-state index is 0.119. The Morgan fingerprint density at radius 3 is 1.39 bits per heavy atom. The molecule has 2 heterocycles. The van der Waals surface area contributed by atoms with Gasteiger partial charge in [0.15, 0.2) is 0 Å². The van der Waals surface area contributed by atoms with Crippen LogP contribution in [-0.2, 0) is 9.59 Å². The predicted molar refractivity (Wildman–Crippen MR) is 114 cm³/mol. The summed E-state index contributed by atoms with van der Waals surface area (Å²) in [4.78, 5) is 32.7. The largest absolute Gasteiger partial charge is 0.347 e. The molecule has 6 nitrogen and oxygen atoms in total. The van der Waals surface area contributed by atoms with Gasteiger partial charge in [-0.2, -0.15) is 0 Å². The Hall–Kier alpha value is -1.14. The average Bonchev–Trinajstić information content (AvgIpc) is 3.31. The molecule has 0 aromatic rings. The van der Waals surface area contributed by atoms with Crippen LogP contribution in [0.5, 0.6) is 0 Å². The van der Waals surface area contributed by atoms with Crippen LogP contribution < -0.4 is 0 Å². The van der Waals surface area contributed by atoms with Crippen molar-refractivity contribution < 1.29 is 9.59 Å². The highest BCUT2D eigenvalue weighted by molar-refractivity contribution is 5.82. The third kappa shape index (κ3) is 6.73. The number of amides is 2. The Morgan fingerprint density at radius 1 is 0.679 bits per heavy atom. The molecule has 0 N–H and O–H groups in total. The monoisotopic (exact) mass is 394 g/mol. The zero-order chi connectivity index (χ0) is 20.5. The van der Waals surface area contributed by atoms with E-state index in [1.165, 1.54) is 38.5 Å². The summed E-state index contributed by atoms with van der Waals surface area (Å²) < 4.78 is 0. The Morgan fingerprint density at radius 2 is 1.04 bits per heavy atom. The number of hydrogen-bond acceptors (Lipinski definition) is 4. The van der Waals surface area contributed by atoms with E-state index in [0.717, 1.165) is 51.9 Å². The minimum Gasteiger partial charge on any atom is -0.347 e. The number of likely N-dealkylation sites (tertiary alicyclic amines) is 2. The molecule has 2 amide bonds. The van der Waals surface area contributed by atoms with E-state index in [1.54, 1.807) is 9.80 Å². The summed E-state index contributed by atoms with van der Waals surface area (Å²) in [6.45, 7) is 4.28. The quantitative estimate of drug-likeness (QED) is 0.505. The van der Waals surface area contributed by atoms with Crippen LogP contribution in [0.4, 0.5) is 0 Å². The molecule has 0 aliphatic carbocycles. The molecule has 2 saturated heterocycles. The Kier molecular flexibility index (Phi) is 9.72. The van der Waals surface area contributed by atoms with Gasteiger partial charge in [0.1, 0.15) is 0 Å². The highest BCUT2D eigenvalue weighted by atomic mass is 16.2. The summed E-state index contributed by atoms with van der Waals surface area (Å²) in [5, 5.41) is 0. The van der Waals surface area contributed by atoms with Gasteiger partial charge in [0.25, 0.3) is 0 Å². The first kappa shape index (κ1) is 23.1. The summed E-state index contributed by atoms with van der Waals surface area (Å²) in [5.41, 5.74) is 0. The molecule has 0 spiro atoms. The maximum Gasteiger partial charge on any atom is 0.239 e. The van der Waals surface area contributed by atoms with Crippen molar-refractivity contribution in [1.82, 2.24) is 19.6 Å². The van der Waals surface area contributed by atoms with Crippen LogP contribution in [-0.4, -0.2) is 97.9 Å². The molecule has 2 atom stereocenters. The minimum atomic E-state index is 0.119. The number of carbonyl (C=O) groups is 2. The Bertz CT molecular complexity index is 451. The van der Waals surface area contributed by atoms with Gasteiger partial charge in [-0.3, -0.25) is 19.4 Å². The first-order chi connectivity index (χ1) is 13.4. The van der Waals surface area contributed by atoms with Crippen LogP contribution in [0.1, 0.15) is 64.2 Å². The van der Waals surface area contributed by atoms with Crippen molar-refractivity contribution in [1.29, 1.82) is 0 Å². The molecule has 2 aliphatic heterocycles. The number of nitrogens with zero attached hydrogens (tertiary/aromatic N) is 4. The average molecular weight is 395 g/mol. The molecule has 6 heteroatoms. The summed E-state index contributed by atoms with van der Waals surface area (Å²) in [5.74, 6) is 0.538. The van der Waals surface area contributed by atoms with E-state index >= 15 is 0 Å². The first-order valence-corrected chi connectivity index (χ1v) is 11.3. The van der Waals surface area contributed by atoms with Gasteiger partial charge in [-0.1, -0.05) is 25.7 Å². The molecule has 0 radical (unpaired) electrons. The summed E-state index contributed by atoms with van der Waals surface area (Å²) in [6.07, 6.45) is 11.8. The second-order valence-electron chi connectivity index (χ2n) is 8.97. The van der Waals surface area contributed by atoms with E-state index in [1.807, 2.05) is 28.2 Å². The molecule has 28 heavy (non-hydrogen) atoms. The van der Waals surface area contributed by atoms with Gasteiger partial charge in [0, 0.05) is 28.2 Å². The van der Waals surface area contributed by atoms with Crippen molar-refractivity contribution in [2.45, 2.75) is 76.3 Å². The highest BCUT2D eigenvalue weighted by Gasteiger charge is 2.31. The molecule has 162 valence electrons. The standard InChI is InChI=1S/C22H42N4O2/c1-23(2)21(27)19-13-11-17-25(19)15-9-7-5-6-8-10-16-26-18-12-14-20(26)22(28)24(3)4/h19-20H,5-18H2,1-4H3. The lowest BCUT2D eigenvalue weighted by Gasteiger charge is -2.26. The van der Waals surface area contributed by atoms with E-state index in [2.05, 4.69) is 9.80 Å². The van der Waals surface area contributed by atoms with Gasteiger partial charge in [0.2, 0.25) is 11.8 Å². The second kappa shape index (κ2) is 11.8. The normalized spacial score (nSPS) is 23.3. The Balaban J connectivity index is 1.52. The molecule has 0 aromatic carbocycles. The van der Waals surface area contributed by atoms with Crippen LogP contribution in [0.25, 0.3) is 0 Å². The fraction of sp³-hybridized carbons (Fsp3) is 0.909. The topological polar surface area (TPSA) is 47.1 Å². The molecule has 2 rings (SSSR count). The lowest BCUT2D eigenvalue weighted by atomic mass is 10.1. The van der Waals surface area contributed by atoms with Gasteiger partial charge in [0.05, 0.1) is 12.1 Å². The Labute approximate surface area is 172 Å². The third-order valence-corrected chi connectivity index (χ3v) is 6.32. The van der Waals surface area contributed by atoms with Crippen LogP contribution in [0.15, 0.2) is 0 Å². The van der Waals surface area contributed by atoms with E-state index < -0.39 is 0 Å². The van der Waals surface area contributed by atoms with Crippen molar-refractivity contribution in [3.05, 3.63) is 0 Å². The summed E-state index contributed by atoms with van der Waals surface area (Å²) in [6, 6.07) is 0.238. The fourth-order valence-corrected chi connectivity index (χ4v) is 4.68. The van der Waals surface area contributed by atoms with Gasteiger partial charge < -0.3 is 9.80 Å². The van der Waals surface area contributed by atoms with E-state index in [0.29, 0.717) is 0 Å². The van der Waals surface area contributed by atoms with Gasteiger partial charge >= 0.3 is 0 Å². The molecular weight excluding hydrogens is 352 g/mol. The highest BCUT2D eigenvalue weighted by Crippen LogP contribution is 2.21. The maximum absolute atomic E-state index is 12.2. The van der Waals surface area contributed by atoms with Crippen molar-refractivity contribution in [3.63, 3.8) is 0 Å². The van der Waals surface area contributed by atoms with Crippen molar-refractivity contribution in [2.75, 3.05) is 54.4 Å². The van der Waals surface area contributed by atoms with Gasteiger partial charge in [-0.25, -0.2) is 0 Å². The molecule has 2 unspecified atom stereocenters. The molecule has 0 aromatic heterocycles. The predicted octanol–water partition coefficient (Wildman–Crippen LogP) is 2.43. The van der Waals surface area contributed by atoms with E-state index in [4.69, 9.17) is 0 Å². The zero-order valence-corrected chi connectivity index (χ0v) is 18.7. The zero-order valence-electron chi connectivity index (χ0n) is 18.7. The van der Waals surface area contributed by atoms with Gasteiger partial charge in [-0.15, -0.1) is 0 Å². The molecular formula is C22H42N4O2. The number of unbranched alkanes of at least 4 members (excludes halogenated alkanes) is 5.